The van der Waals surface area contributed by atoms with Crippen LogP contribution >= 0.6 is 11.6 Å². The minimum absolute atomic E-state index is 0.0622. The predicted octanol–water partition coefficient (Wildman–Crippen LogP) is 0.788. The third-order valence-corrected chi connectivity index (χ3v) is 9.24. The average molecular weight is 445 g/mol. The number of rotatable bonds is 5. The van der Waals surface area contributed by atoms with Crippen molar-refractivity contribution < 1.29 is 25.3 Å². The highest BCUT2D eigenvalue weighted by Crippen LogP contribution is 2.30. The van der Waals surface area contributed by atoms with E-state index in [0.717, 1.165) is 18.6 Å². The van der Waals surface area contributed by atoms with Gasteiger partial charge in [0.1, 0.15) is 4.90 Å². The molecule has 0 bridgehead atoms. The first-order chi connectivity index (χ1) is 11.7. The molecule has 148 valence electrons. The molecule has 1 aliphatic rings. The van der Waals surface area contributed by atoms with Crippen LogP contribution in [0.25, 0.3) is 0 Å². The molecule has 0 aliphatic carbocycles. The van der Waals surface area contributed by atoms with Crippen LogP contribution in [-0.4, -0.2) is 72.6 Å². The molecule has 1 aromatic rings. The first-order valence-corrected chi connectivity index (χ1v) is 13.2. The molecule has 0 spiro atoms. The molecule has 0 aromatic heterocycles. The van der Waals surface area contributed by atoms with Crippen LogP contribution in [0, 0.1) is 0 Å². The summed E-state index contributed by atoms with van der Waals surface area (Å²) >= 11 is 6.00. The van der Waals surface area contributed by atoms with Crippen LogP contribution in [0.2, 0.25) is 5.02 Å². The molecular formula is C14H21ClN2O6S3. The maximum Gasteiger partial charge on any atom is 0.244 e. The molecular weight excluding hydrogens is 424 g/mol. The van der Waals surface area contributed by atoms with Crippen LogP contribution < -0.4 is 0 Å². The van der Waals surface area contributed by atoms with E-state index < -0.39 is 29.9 Å². The lowest BCUT2D eigenvalue weighted by Gasteiger charge is -2.35. The number of hydrogen-bond donors (Lipinski definition) is 0. The fourth-order valence-electron chi connectivity index (χ4n) is 2.77. The number of hydrogen-bond acceptors (Lipinski definition) is 6. The highest BCUT2D eigenvalue weighted by Gasteiger charge is 2.34. The van der Waals surface area contributed by atoms with Gasteiger partial charge in [0.25, 0.3) is 0 Å². The molecule has 2 rings (SSSR count). The minimum atomic E-state index is -3.99. The number of benzene rings is 1. The lowest BCUT2D eigenvalue weighted by atomic mass is 10.1. The molecule has 26 heavy (non-hydrogen) atoms. The van der Waals surface area contributed by atoms with Gasteiger partial charge in [-0.2, -0.15) is 4.31 Å². The van der Waals surface area contributed by atoms with Crippen molar-refractivity contribution in [1.29, 1.82) is 0 Å². The first kappa shape index (κ1) is 21.6. The van der Waals surface area contributed by atoms with Crippen LogP contribution in [0.3, 0.4) is 0 Å². The number of piperidine rings is 1. The fraction of sp³-hybridized carbons (Fsp3) is 0.571. The molecule has 1 heterocycles. The summed E-state index contributed by atoms with van der Waals surface area (Å²) in [6, 6.07) is 3.27. The minimum Gasteiger partial charge on any atom is -0.224 e. The van der Waals surface area contributed by atoms with Gasteiger partial charge in [0.05, 0.1) is 16.2 Å². The second-order valence-corrected chi connectivity index (χ2v) is 12.7. The standard InChI is InChI=1S/C14H21ClN2O6S3/c1-16(25(3,20)21)11-6-8-17(9-7-11)26(22,23)14-10-12(24(2,18)19)4-5-13(14)15/h4-5,10-11H,6-9H2,1-3H3. The summed E-state index contributed by atoms with van der Waals surface area (Å²) < 4.78 is 74.8. The Kier molecular flexibility index (Phi) is 6.11. The maximum atomic E-state index is 12.9. The quantitative estimate of drug-likeness (QED) is 0.664. The Hall–Kier alpha value is -0.720. The smallest absolute Gasteiger partial charge is 0.224 e. The van der Waals surface area contributed by atoms with Crippen molar-refractivity contribution in [1.82, 2.24) is 8.61 Å². The summed E-state index contributed by atoms with van der Waals surface area (Å²) in [7, 11) is -9.47. The Morgan fingerprint density at radius 2 is 1.58 bits per heavy atom. The largest absolute Gasteiger partial charge is 0.244 e. The molecule has 0 N–H and O–H groups in total. The van der Waals surface area contributed by atoms with Crippen LogP contribution in [0.1, 0.15) is 12.8 Å². The monoisotopic (exact) mass is 444 g/mol. The van der Waals surface area contributed by atoms with Crippen molar-refractivity contribution in [3.05, 3.63) is 23.2 Å². The normalized spacial score (nSPS) is 18.3. The molecule has 0 radical (unpaired) electrons. The molecule has 0 amide bonds. The van der Waals surface area contributed by atoms with Crippen LogP contribution in [0.15, 0.2) is 28.0 Å². The molecule has 0 unspecified atom stereocenters. The fourth-order valence-corrected chi connectivity index (χ4v) is 6.21. The van der Waals surface area contributed by atoms with E-state index in [1.807, 2.05) is 0 Å². The zero-order valence-corrected chi connectivity index (χ0v) is 17.8. The van der Waals surface area contributed by atoms with E-state index >= 15 is 0 Å². The van der Waals surface area contributed by atoms with Crippen LogP contribution in [0.5, 0.6) is 0 Å². The molecule has 8 nitrogen and oxygen atoms in total. The van der Waals surface area contributed by atoms with Crippen LogP contribution in [0.4, 0.5) is 0 Å². The summed E-state index contributed by atoms with van der Waals surface area (Å²) in [5.41, 5.74) is 0. The molecule has 1 saturated heterocycles. The Morgan fingerprint density at radius 1 is 1.04 bits per heavy atom. The number of sulfonamides is 2. The number of sulfone groups is 1. The van der Waals surface area contributed by atoms with E-state index in [-0.39, 0.29) is 33.9 Å². The molecule has 12 heteroatoms. The van der Waals surface area contributed by atoms with E-state index in [2.05, 4.69) is 0 Å². The van der Waals surface area contributed by atoms with Gasteiger partial charge in [0.2, 0.25) is 20.0 Å². The van der Waals surface area contributed by atoms with Gasteiger partial charge in [0, 0.05) is 32.4 Å². The molecule has 0 atom stereocenters. The van der Waals surface area contributed by atoms with Gasteiger partial charge in [-0.15, -0.1) is 0 Å². The van der Waals surface area contributed by atoms with E-state index in [0.29, 0.717) is 12.8 Å². The average Bonchev–Trinajstić information content (AvgIpc) is 2.52. The van der Waals surface area contributed by atoms with Gasteiger partial charge in [-0.1, -0.05) is 11.6 Å². The number of halogens is 1. The SMILES string of the molecule is CN(C1CCN(S(=O)(=O)c2cc(S(C)(=O)=O)ccc2Cl)CC1)S(C)(=O)=O. The topological polar surface area (TPSA) is 109 Å². The van der Waals surface area contributed by atoms with E-state index in [1.165, 1.54) is 27.8 Å². The van der Waals surface area contributed by atoms with Gasteiger partial charge in [0.15, 0.2) is 9.84 Å². The second-order valence-electron chi connectivity index (χ2n) is 6.28. The van der Waals surface area contributed by atoms with Crippen molar-refractivity contribution in [3.8, 4) is 0 Å². The Bertz CT molecular complexity index is 997. The second kappa shape index (κ2) is 7.36. The summed E-state index contributed by atoms with van der Waals surface area (Å²) in [6.07, 6.45) is 2.77. The van der Waals surface area contributed by atoms with Gasteiger partial charge in [-0.3, -0.25) is 0 Å². The van der Waals surface area contributed by atoms with E-state index in [9.17, 15) is 25.3 Å². The summed E-state index contributed by atoms with van der Waals surface area (Å²) in [4.78, 5) is -0.399. The lowest BCUT2D eigenvalue weighted by molar-refractivity contribution is 0.239. The highest BCUT2D eigenvalue weighted by molar-refractivity contribution is 7.91. The van der Waals surface area contributed by atoms with Crippen LogP contribution in [-0.2, 0) is 29.9 Å². The van der Waals surface area contributed by atoms with Gasteiger partial charge in [-0.25, -0.2) is 29.6 Å². The zero-order chi connectivity index (χ0) is 19.9. The summed E-state index contributed by atoms with van der Waals surface area (Å²) in [5, 5.41) is -0.0622. The summed E-state index contributed by atoms with van der Waals surface area (Å²) in [5.74, 6) is 0. The van der Waals surface area contributed by atoms with Crippen molar-refractivity contribution >= 4 is 41.5 Å². The van der Waals surface area contributed by atoms with E-state index in [4.69, 9.17) is 11.6 Å². The Labute approximate surface area is 159 Å². The third kappa shape index (κ3) is 4.57. The summed E-state index contributed by atoms with van der Waals surface area (Å²) in [6.45, 7) is 0.235. The van der Waals surface area contributed by atoms with Gasteiger partial charge < -0.3 is 0 Å². The predicted molar refractivity (Wildman–Crippen MR) is 98.9 cm³/mol. The molecule has 1 aliphatic heterocycles. The molecule has 0 saturated carbocycles. The zero-order valence-electron chi connectivity index (χ0n) is 14.6. The third-order valence-electron chi connectivity index (χ3n) is 4.41. The Balaban J connectivity index is 2.28. The number of nitrogens with zero attached hydrogens (tertiary/aromatic N) is 2. The van der Waals surface area contributed by atoms with Crippen molar-refractivity contribution in [2.24, 2.45) is 0 Å². The molecule has 1 fully saturated rings. The van der Waals surface area contributed by atoms with Crippen molar-refractivity contribution in [2.45, 2.75) is 28.7 Å². The van der Waals surface area contributed by atoms with Crippen molar-refractivity contribution in [3.63, 3.8) is 0 Å². The first-order valence-electron chi connectivity index (χ1n) is 7.67. The molecule has 1 aromatic carbocycles. The maximum absolute atomic E-state index is 12.9. The lowest BCUT2D eigenvalue weighted by Crippen LogP contribution is -2.46. The van der Waals surface area contributed by atoms with Crippen molar-refractivity contribution in [2.75, 3.05) is 32.6 Å². The van der Waals surface area contributed by atoms with Gasteiger partial charge in [-0.05, 0) is 31.0 Å². The van der Waals surface area contributed by atoms with Gasteiger partial charge >= 0.3 is 0 Å². The highest BCUT2D eigenvalue weighted by atomic mass is 35.5. The Morgan fingerprint density at radius 3 is 2.04 bits per heavy atom. The van der Waals surface area contributed by atoms with E-state index in [1.54, 1.807) is 0 Å².